The number of halogens is 1. The summed E-state index contributed by atoms with van der Waals surface area (Å²) in [7, 11) is 3.17. The lowest BCUT2D eigenvalue weighted by Crippen LogP contribution is -2.48. The number of rotatable bonds is 7. The minimum Gasteiger partial charge on any atom is -0.494 e. The van der Waals surface area contributed by atoms with Gasteiger partial charge < -0.3 is 24.6 Å². The van der Waals surface area contributed by atoms with Crippen molar-refractivity contribution in [3.05, 3.63) is 60.8 Å². The number of ether oxygens (including phenoxy) is 2. The normalized spacial score (nSPS) is 13.4. The molecule has 1 amide bonds. The van der Waals surface area contributed by atoms with Crippen LogP contribution >= 0.6 is 0 Å². The van der Waals surface area contributed by atoms with Crippen LogP contribution in [0, 0.1) is 12.7 Å². The predicted molar refractivity (Wildman–Crippen MR) is 154 cm³/mol. The Labute approximate surface area is 239 Å². The van der Waals surface area contributed by atoms with E-state index in [0.29, 0.717) is 77.2 Å². The molecule has 1 N–H and O–H groups in total. The number of hydrogen-bond acceptors (Lipinski definition) is 11. The van der Waals surface area contributed by atoms with Gasteiger partial charge in [-0.25, -0.2) is 29.0 Å². The van der Waals surface area contributed by atoms with E-state index >= 15 is 0 Å². The van der Waals surface area contributed by atoms with Crippen molar-refractivity contribution in [1.29, 1.82) is 0 Å². The lowest BCUT2D eigenvalue weighted by atomic mass is 10.1. The second-order valence-corrected chi connectivity index (χ2v) is 9.67. The fourth-order valence-corrected chi connectivity index (χ4v) is 4.82. The van der Waals surface area contributed by atoms with Crippen molar-refractivity contribution in [3.63, 3.8) is 0 Å². The van der Waals surface area contributed by atoms with Crippen LogP contribution in [0.1, 0.15) is 5.56 Å². The molecule has 14 heteroatoms. The molecule has 1 aliphatic heterocycles. The molecule has 0 unspecified atom stereocenters. The number of anilines is 3. The van der Waals surface area contributed by atoms with Gasteiger partial charge in [-0.15, -0.1) is 5.10 Å². The Morgan fingerprint density at radius 2 is 1.88 bits per heavy atom. The number of hydrogen-bond donors (Lipinski definition) is 1. The summed E-state index contributed by atoms with van der Waals surface area (Å²) in [6.07, 6.45) is 4.41. The van der Waals surface area contributed by atoms with Gasteiger partial charge >= 0.3 is 0 Å². The van der Waals surface area contributed by atoms with Crippen molar-refractivity contribution in [2.45, 2.75) is 6.92 Å². The second kappa shape index (κ2) is 10.9. The quantitative estimate of drug-likeness (QED) is 0.288. The van der Waals surface area contributed by atoms with Crippen molar-refractivity contribution in [2.75, 3.05) is 43.5 Å². The summed E-state index contributed by atoms with van der Waals surface area (Å²) >= 11 is 0. The topological polar surface area (TPSA) is 136 Å². The number of aryl methyl sites for hydroxylation is 2. The monoisotopic (exact) mass is 570 g/mol. The Morgan fingerprint density at radius 3 is 2.64 bits per heavy atom. The lowest BCUT2D eigenvalue weighted by molar-refractivity contribution is -0.126. The number of nitrogens with zero attached hydrogens (tertiary/aromatic N) is 9. The molecule has 0 aliphatic carbocycles. The Morgan fingerprint density at radius 1 is 1.07 bits per heavy atom. The van der Waals surface area contributed by atoms with Crippen molar-refractivity contribution in [1.82, 2.24) is 39.8 Å². The first-order valence-electron chi connectivity index (χ1n) is 13.1. The van der Waals surface area contributed by atoms with Crippen LogP contribution in [0.2, 0.25) is 0 Å². The summed E-state index contributed by atoms with van der Waals surface area (Å²) in [5, 5.41) is 11.2. The first-order valence-corrected chi connectivity index (χ1v) is 13.1. The first kappa shape index (κ1) is 26.8. The molecule has 0 saturated carbocycles. The highest BCUT2D eigenvalue weighted by atomic mass is 19.1. The molecule has 1 fully saturated rings. The Bertz CT molecular complexity index is 1830. The third-order valence-corrected chi connectivity index (χ3v) is 7.02. The number of nitrogens with one attached hydrogen (secondary N) is 1. The zero-order chi connectivity index (χ0) is 29.4. The Hall–Kier alpha value is -5.40. The fourth-order valence-electron chi connectivity index (χ4n) is 4.82. The van der Waals surface area contributed by atoms with Crippen LogP contribution in [0.25, 0.3) is 22.1 Å². The molecule has 0 bridgehead atoms. The van der Waals surface area contributed by atoms with Gasteiger partial charge in [0.25, 0.3) is 0 Å². The van der Waals surface area contributed by atoms with Gasteiger partial charge in [-0.1, -0.05) is 11.8 Å². The van der Waals surface area contributed by atoms with Gasteiger partial charge in [-0.3, -0.25) is 4.79 Å². The minimum absolute atomic E-state index is 0.0895. The van der Waals surface area contributed by atoms with E-state index < -0.39 is 5.82 Å². The smallest absolute Gasteiger partial charge is 0.246 e. The fraction of sp³-hybridized carbons (Fsp3) is 0.250. The average Bonchev–Trinajstić information content (AvgIpc) is 3.38. The number of fused-ring (bicyclic) bond motifs is 2. The van der Waals surface area contributed by atoms with Crippen LogP contribution in [0.15, 0.2) is 49.4 Å². The predicted octanol–water partition coefficient (Wildman–Crippen LogP) is 3.53. The minimum atomic E-state index is -0.484. The summed E-state index contributed by atoms with van der Waals surface area (Å²) < 4.78 is 27.7. The number of benzene rings is 2. The zero-order valence-electron chi connectivity index (χ0n) is 23.2. The summed E-state index contributed by atoms with van der Waals surface area (Å²) in [5.74, 6) is 1.64. The number of amides is 1. The van der Waals surface area contributed by atoms with Gasteiger partial charge in [0.2, 0.25) is 11.9 Å². The van der Waals surface area contributed by atoms with Crippen LogP contribution in [0.3, 0.4) is 0 Å². The molecule has 0 radical (unpaired) electrons. The molecule has 13 nitrogen and oxygen atoms in total. The molecule has 0 atom stereocenters. The molecule has 2 aromatic carbocycles. The number of carbonyl (C=O) groups is 1. The van der Waals surface area contributed by atoms with Crippen LogP contribution in [0.4, 0.5) is 21.8 Å². The molecule has 0 spiro atoms. The van der Waals surface area contributed by atoms with Crippen LogP contribution in [-0.4, -0.2) is 79.0 Å². The zero-order valence-corrected chi connectivity index (χ0v) is 23.2. The van der Waals surface area contributed by atoms with Crippen LogP contribution in [-0.2, 0) is 11.8 Å². The highest BCUT2D eigenvalue weighted by molar-refractivity contribution is 5.88. The maximum atomic E-state index is 14.7. The Balaban J connectivity index is 1.27. The van der Waals surface area contributed by atoms with Gasteiger partial charge in [-0.05, 0) is 24.6 Å². The Kier molecular flexibility index (Phi) is 6.94. The molecule has 42 heavy (non-hydrogen) atoms. The molecule has 3 aromatic heterocycles. The van der Waals surface area contributed by atoms with E-state index in [1.54, 1.807) is 37.4 Å². The van der Waals surface area contributed by atoms with Gasteiger partial charge in [0.05, 0.1) is 19.0 Å². The summed E-state index contributed by atoms with van der Waals surface area (Å²) in [4.78, 5) is 33.7. The summed E-state index contributed by atoms with van der Waals surface area (Å²) in [6, 6.07) is 6.48. The number of aromatic nitrogens is 7. The summed E-state index contributed by atoms with van der Waals surface area (Å²) in [5.41, 5.74) is 3.16. The summed E-state index contributed by atoms with van der Waals surface area (Å²) in [6.45, 7) is 7.70. The van der Waals surface area contributed by atoms with Crippen LogP contribution in [0.5, 0.6) is 17.2 Å². The SMILES string of the molecule is C=CC(=O)N1CCN(c2ncc3ncnc(Nc4cc(C)c(Oc5cc(F)c6c(c5)nnn6C)cc4OC)c3n2)CC1. The van der Waals surface area contributed by atoms with E-state index in [1.165, 1.54) is 23.2 Å². The third kappa shape index (κ3) is 4.98. The van der Waals surface area contributed by atoms with Gasteiger partial charge in [0, 0.05) is 51.4 Å². The van der Waals surface area contributed by atoms with Gasteiger partial charge in [0.15, 0.2) is 11.6 Å². The maximum absolute atomic E-state index is 14.7. The molecular formula is C28H27FN10O3. The van der Waals surface area contributed by atoms with Crippen LogP contribution < -0.4 is 19.7 Å². The molecule has 4 heterocycles. The third-order valence-electron chi connectivity index (χ3n) is 7.02. The number of methoxy groups -OCH3 is 1. The molecule has 1 saturated heterocycles. The highest BCUT2D eigenvalue weighted by Crippen LogP contribution is 2.38. The maximum Gasteiger partial charge on any atom is 0.246 e. The second-order valence-electron chi connectivity index (χ2n) is 9.67. The number of piperazine rings is 1. The molecule has 5 aromatic rings. The molecule has 1 aliphatic rings. The molecule has 6 rings (SSSR count). The van der Waals surface area contributed by atoms with Crippen molar-refractivity contribution < 1.29 is 18.7 Å². The van der Waals surface area contributed by atoms with Crippen molar-refractivity contribution in [2.24, 2.45) is 7.05 Å². The van der Waals surface area contributed by atoms with Crippen molar-refractivity contribution in [3.8, 4) is 17.2 Å². The van der Waals surface area contributed by atoms with E-state index in [4.69, 9.17) is 14.5 Å². The van der Waals surface area contributed by atoms with E-state index in [-0.39, 0.29) is 11.7 Å². The van der Waals surface area contributed by atoms with E-state index in [9.17, 15) is 9.18 Å². The van der Waals surface area contributed by atoms with Gasteiger partial charge in [0.1, 0.15) is 45.6 Å². The average molecular weight is 571 g/mol. The molecular weight excluding hydrogens is 543 g/mol. The van der Waals surface area contributed by atoms with E-state index in [1.807, 2.05) is 17.9 Å². The van der Waals surface area contributed by atoms with Gasteiger partial charge in [-0.2, -0.15) is 0 Å². The largest absolute Gasteiger partial charge is 0.494 e. The standard InChI is InChI=1S/C28H27FN10O3/c1-5-24(40)38-6-8-39(9-7-38)28-30-14-21-25(34-28)27(32-15-31-21)33-19-10-16(2)22(13-23(19)41-4)42-17-11-18(29)26-20(12-17)35-36-37(26)3/h5,10-15H,1,6-9H2,2-4H3,(H,31,32,33). The van der Waals surface area contributed by atoms with Crippen molar-refractivity contribution >= 4 is 45.4 Å². The first-order chi connectivity index (χ1) is 20.3. The van der Waals surface area contributed by atoms with E-state index in [2.05, 4.69) is 37.2 Å². The highest BCUT2D eigenvalue weighted by Gasteiger charge is 2.22. The molecule has 214 valence electrons. The van der Waals surface area contributed by atoms with E-state index in [0.717, 1.165) is 5.56 Å². The lowest BCUT2D eigenvalue weighted by Gasteiger charge is -2.34. The number of carbonyl (C=O) groups excluding carboxylic acids is 1.